The van der Waals surface area contributed by atoms with Crippen molar-refractivity contribution >= 4 is 11.8 Å². The Labute approximate surface area is 138 Å². The quantitative estimate of drug-likeness (QED) is 0.896. The third-order valence-electron chi connectivity index (χ3n) is 4.43. The van der Waals surface area contributed by atoms with Gasteiger partial charge in [-0.3, -0.25) is 9.59 Å². The number of carbonyl (C=O) groups is 2. The number of nitrogens with one attached hydrogen (secondary N) is 1. The first kappa shape index (κ1) is 17.5. The fourth-order valence-corrected chi connectivity index (χ4v) is 2.94. The summed E-state index contributed by atoms with van der Waals surface area (Å²) >= 11 is 0. The number of hydrogen-bond acceptors (Lipinski definition) is 3. The lowest BCUT2D eigenvalue weighted by Crippen LogP contribution is -2.46. The number of likely N-dealkylation sites (N-methyl/N-ethyl adjacent to an activating group) is 2. The van der Waals surface area contributed by atoms with E-state index in [-0.39, 0.29) is 17.7 Å². The predicted octanol–water partition coefficient (Wildman–Crippen LogP) is 1.53. The topological polar surface area (TPSA) is 52.7 Å². The molecule has 1 aromatic rings. The van der Waals surface area contributed by atoms with Crippen molar-refractivity contribution in [3.8, 4) is 0 Å². The first-order chi connectivity index (χ1) is 11.0. The molecule has 5 heteroatoms. The Morgan fingerprint density at radius 3 is 2.65 bits per heavy atom. The number of benzene rings is 1. The standard InChI is InChI=1S/C18H27N3O2/c1-14-6-8-15(9-7-14)18(23)21-11-4-5-16(13-21)17(22)20(3)12-10-19-2/h6-9,16,19H,4-5,10-13H2,1-3H3. The highest BCUT2D eigenvalue weighted by molar-refractivity contribution is 5.94. The molecule has 1 heterocycles. The van der Waals surface area contributed by atoms with Gasteiger partial charge in [0, 0.05) is 38.8 Å². The summed E-state index contributed by atoms with van der Waals surface area (Å²) in [5.74, 6) is 0.0852. The number of rotatable bonds is 5. The van der Waals surface area contributed by atoms with Gasteiger partial charge in [0.1, 0.15) is 0 Å². The molecule has 0 spiro atoms. The monoisotopic (exact) mass is 317 g/mol. The van der Waals surface area contributed by atoms with Crippen LogP contribution in [0.25, 0.3) is 0 Å². The molecule has 0 aliphatic carbocycles. The second-order valence-corrected chi connectivity index (χ2v) is 6.32. The summed E-state index contributed by atoms with van der Waals surface area (Å²) in [7, 11) is 3.71. The van der Waals surface area contributed by atoms with E-state index in [9.17, 15) is 9.59 Å². The molecular formula is C18H27N3O2. The number of nitrogens with zero attached hydrogens (tertiary/aromatic N) is 2. The van der Waals surface area contributed by atoms with Crippen molar-refractivity contribution in [1.82, 2.24) is 15.1 Å². The van der Waals surface area contributed by atoms with E-state index in [0.29, 0.717) is 18.7 Å². The van der Waals surface area contributed by atoms with E-state index in [2.05, 4.69) is 5.32 Å². The largest absolute Gasteiger partial charge is 0.344 e. The van der Waals surface area contributed by atoms with Crippen molar-refractivity contribution in [2.45, 2.75) is 19.8 Å². The normalized spacial score (nSPS) is 17.9. The smallest absolute Gasteiger partial charge is 0.253 e. The Morgan fingerprint density at radius 1 is 1.30 bits per heavy atom. The predicted molar refractivity (Wildman–Crippen MR) is 91.4 cm³/mol. The van der Waals surface area contributed by atoms with Crippen LogP contribution in [-0.4, -0.2) is 61.9 Å². The average Bonchev–Trinajstić information content (AvgIpc) is 2.59. The number of likely N-dealkylation sites (tertiary alicyclic amines) is 1. The first-order valence-electron chi connectivity index (χ1n) is 8.28. The van der Waals surface area contributed by atoms with Crippen LogP contribution in [0.15, 0.2) is 24.3 Å². The molecule has 1 aliphatic heterocycles. The van der Waals surface area contributed by atoms with Crippen molar-refractivity contribution in [3.63, 3.8) is 0 Å². The third-order valence-corrected chi connectivity index (χ3v) is 4.43. The lowest BCUT2D eigenvalue weighted by atomic mass is 9.96. The van der Waals surface area contributed by atoms with Gasteiger partial charge >= 0.3 is 0 Å². The Bertz CT molecular complexity index is 542. The fraction of sp³-hybridized carbons (Fsp3) is 0.556. The number of carbonyl (C=O) groups excluding carboxylic acids is 2. The van der Waals surface area contributed by atoms with Crippen molar-refractivity contribution in [3.05, 3.63) is 35.4 Å². The SMILES string of the molecule is CNCCN(C)C(=O)C1CCCN(C(=O)c2ccc(C)cc2)C1. The zero-order valence-corrected chi connectivity index (χ0v) is 14.3. The minimum atomic E-state index is -0.0833. The molecule has 0 saturated carbocycles. The van der Waals surface area contributed by atoms with Gasteiger partial charge in [-0.2, -0.15) is 0 Å². The average molecular weight is 317 g/mol. The molecular weight excluding hydrogens is 290 g/mol. The fourth-order valence-electron chi connectivity index (χ4n) is 2.94. The van der Waals surface area contributed by atoms with Crippen LogP contribution in [0.1, 0.15) is 28.8 Å². The van der Waals surface area contributed by atoms with Gasteiger partial charge in [0.05, 0.1) is 5.92 Å². The summed E-state index contributed by atoms with van der Waals surface area (Å²) in [6.07, 6.45) is 1.74. The highest BCUT2D eigenvalue weighted by Crippen LogP contribution is 2.20. The summed E-state index contributed by atoms with van der Waals surface area (Å²) in [6, 6.07) is 7.63. The molecule has 0 aromatic heterocycles. The number of piperidine rings is 1. The minimum Gasteiger partial charge on any atom is -0.344 e. The maximum atomic E-state index is 12.6. The highest BCUT2D eigenvalue weighted by atomic mass is 16.2. The molecule has 2 amide bonds. The lowest BCUT2D eigenvalue weighted by molar-refractivity contribution is -0.135. The van der Waals surface area contributed by atoms with Gasteiger partial charge in [-0.1, -0.05) is 17.7 Å². The van der Waals surface area contributed by atoms with E-state index < -0.39 is 0 Å². The Hall–Kier alpha value is -1.88. The molecule has 126 valence electrons. The molecule has 1 saturated heterocycles. The second kappa shape index (κ2) is 8.11. The second-order valence-electron chi connectivity index (χ2n) is 6.32. The Morgan fingerprint density at radius 2 is 2.00 bits per heavy atom. The first-order valence-corrected chi connectivity index (χ1v) is 8.28. The van der Waals surface area contributed by atoms with Crippen LogP contribution in [0.4, 0.5) is 0 Å². The molecule has 1 N–H and O–H groups in total. The van der Waals surface area contributed by atoms with Crippen LogP contribution in [0.2, 0.25) is 0 Å². The maximum Gasteiger partial charge on any atom is 0.253 e. The molecule has 1 aromatic carbocycles. The summed E-state index contributed by atoms with van der Waals surface area (Å²) in [6.45, 7) is 4.73. The van der Waals surface area contributed by atoms with E-state index in [1.54, 1.807) is 4.90 Å². The molecule has 0 radical (unpaired) electrons. The van der Waals surface area contributed by atoms with Crippen molar-refractivity contribution in [1.29, 1.82) is 0 Å². The third kappa shape index (κ3) is 4.55. The summed E-state index contributed by atoms with van der Waals surface area (Å²) in [4.78, 5) is 28.7. The molecule has 1 atom stereocenters. The van der Waals surface area contributed by atoms with Crippen molar-refractivity contribution in [2.24, 2.45) is 5.92 Å². The van der Waals surface area contributed by atoms with E-state index in [0.717, 1.165) is 31.5 Å². The summed E-state index contributed by atoms with van der Waals surface area (Å²) in [5.41, 5.74) is 1.84. The molecule has 1 unspecified atom stereocenters. The van der Waals surface area contributed by atoms with Gasteiger partial charge in [-0.15, -0.1) is 0 Å². The molecule has 5 nitrogen and oxygen atoms in total. The van der Waals surface area contributed by atoms with E-state index in [1.165, 1.54) is 0 Å². The van der Waals surface area contributed by atoms with Crippen LogP contribution in [0.5, 0.6) is 0 Å². The maximum absolute atomic E-state index is 12.6. The van der Waals surface area contributed by atoms with E-state index in [4.69, 9.17) is 0 Å². The molecule has 23 heavy (non-hydrogen) atoms. The van der Waals surface area contributed by atoms with Crippen LogP contribution >= 0.6 is 0 Å². The Kier molecular flexibility index (Phi) is 6.16. The summed E-state index contributed by atoms with van der Waals surface area (Å²) in [5, 5.41) is 3.05. The zero-order valence-electron chi connectivity index (χ0n) is 14.3. The van der Waals surface area contributed by atoms with E-state index >= 15 is 0 Å². The van der Waals surface area contributed by atoms with Crippen LogP contribution in [0.3, 0.4) is 0 Å². The van der Waals surface area contributed by atoms with Gasteiger partial charge in [-0.05, 0) is 38.9 Å². The van der Waals surface area contributed by atoms with Crippen molar-refractivity contribution < 1.29 is 9.59 Å². The zero-order chi connectivity index (χ0) is 16.8. The summed E-state index contributed by atoms with van der Waals surface area (Å²) < 4.78 is 0. The number of hydrogen-bond donors (Lipinski definition) is 1. The van der Waals surface area contributed by atoms with Crippen molar-refractivity contribution in [2.75, 3.05) is 40.3 Å². The molecule has 2 rings (SSSR count). The molecule has 1 aliphatic rings. The lowest BCUT2D eigenvalue weighted by Gasteiger charge is -2.34. The van der Waals surface area contributed by atoms with Gasteiger partial charge in [0.25, 0.3) is 5.91 Å². The van der Waals surface area contributed by atoms with Gasteiger partial charge in [0.15, 0.2) is 0 Å². The van der Waals surface area contributed by atoms with Gasteiger partial charge in [0.2, 0.25) is 5.91 Å². The number of aryl methyl sites for hydroxylation is 1. The Balaban J connectivity index is 1.98. The highest BCUT2D eigenvalue weighted by Gasteiger charge is 2.30. The van der Waals surface area contributed by atoms with Crippen LogP contribution in [0, 0.1) is 12.8 Å². The van der Waals surface area contributed by atoms with Crippen LogP contribution in [-0.2, 0) is 4.79 Å². The van der Waals surface area contributed by atoms with Crippen LogP contribution < -0.4 is 5.32 Å². The van der Waals surface area contributed by atoms with Gasteiger partial charge < -0.3 is 15.1 Å². The number of amides is 2. The molecule has 1 fully saturated rings. The minimum absolute atomic E-state index is 0.0281. The van der Waals surface area contributed by atoms with E-state index in [1.807, 2.05) is 50.2 Å². The van der Waals surface area contributed by atoms with Gasteiger partial charge in [-0.25, -0.2) is 0 Å². The molecule has 0 bridgehead atoms.